The fourth-order valence-corrected chi connectivity index (χ4v) is 2.75. The molecule has 1 aromatic heterocycles. The lowest BCUT2D eigenvalue weighted by molar-refractivity contribution is 0.102. The Morgan fingerprint density at radius 2 is 1.56 bits per heavy atom. The third kappa shape index (κ3) is 4.50. The Morgan fingerprint density at radius 1 is 0.815 bits per heavy atom. The zero-order chi connectivity index (χ0) is 19.6. The fraction of sp³-hybridized carbons (Fsp3) is 0.227. The highest BCUT2D eigenvalue weighted by atomic mass is 16.1. The first kappa shape index (κ1) is 18.6. The Balaban J connectivity index is 1.84. The van der Waals surface area contributed by atoms with Crippen molar-refractivity contribution in [3.8, 4) is 0 Å². The minimum Gasteiger partial charge on any atom is -0.324 e. The van der Waals surface area contributed by atoms with Crippen LogP contribution in [0.4, 0.5) is 17.3 Å². The normalized spacial score (nSPS) is 10.6. The molecule has 3 aromatic rings. The fourth-order valence-electron chi connectivity index (χ4n) is 2.75. The van der Waals surface area contributed by atoms with Crippen molar-refractivity contribution in [3.05, 3.63) is 76.1 Å². The number of rotatable bonds is 4. The van der Waals surface area contributed by atoms with Crippen LogP contribution in [-0.4, -0.2) is 15.9 Å². The summed E-state index contributed by atoms with van der Waals surface area (Å²) < 4.78 is 0. The van der Waals surface area contributed by atoms with Gasteiger partial charge in [0.2, 0.25) is 5.95 Å². The van der Waals surface area contributed by atoms with Gasteiger partial charge in [-0.25, -0.2) is 9.97 Å². The number of hydrogen-bond acceptors (Lipinski definition) is 4. The maximum absolute atomic E-state index is 12.7. The summed E-state index contributed by atoms with van der Waals surface area (Å²) in [6.45, 7) is 9.96. The molecule has 0 unspecified atom stereocenters. The number of hydrogen-bond donors (Lipinski definition) is 2. The topological polar surface area (TPSA) is 66.9 Å². The Kier molecular flexibility index (Phi) is 5.21. The zero-order valence-corrected chi connectivity index (χ0v) is 16.3. The molecule has 0 atom stereocenters. The molecular formula is C22H24N4O. The molecule has 0 saturated heterocycles. The molecule has 3 rings (SSSR count). The second-order valence-electron chi connectivity index (χ2n) is 6.91. The average Bonchev–Trinajstić information content (AvgIpc) is 2.61. The summed E-state index contributed by atoms with van der Waals surface area (Å²) >= 11 is 0. The minimum atomic E-state index is -0.257. The van der Waals surface area contributed by atoms with Crippen LogP contribution in [0.2, 0.25) is 0 Å². The summed E-state index contributed by atoms with van der Waals surface area (Å²) in [5.41, 5.74) is 7.28. The first-order chi connectivity index (χ1) is 12.8. The molecule has 0 spiro atoms. The van der Waals surface area contributed by atoms with Gasteiger partial charge in [-0.05, 0) is 81.1 Å². The molecule has 138 valence electrons. The second kappa shape index (κ2) is 7.58. The van der Waals surface area contributed by atoms with Crippen LogP contribution in [0.3, 0.4) is 0 Å². The lowest BCUT2D eigenvalue weighted by atomic mass is 10.1. The smallest absolute Gasteiger partial charge is 0.274 e. The van der Waals surface area contributed by atoms with Crippen LogP contribution < -0.4 is 10.6 Å². The molecule has 2 aromatic carbocycles. The quantitative estimate of drug-likeness (QED) is 0.686. The number of benzene rings is 2. The lowest BCUT2D eigenvalue weighted by Gasteiger charge is -2.12. The van der Waals surface area contributed by atoms with Crippen LogP contribution in [0.15, 0.2) is 42.5 Å². The molecule has 0 saturated carbocycles. The van der Waals surface area contributed by atoms with Gasteiger partial charge < -0.3 is 10.6 Å². The molecule has 0 fully saturated rings. The van der Waals surface area contributed by atoms with Gasteiger partial charge in [0, 0.05) is 17.1 Å². The summed E-state index contributed by atoms with van der Waals surface area (Å²) in [6, 6.07) is 13.7. The maximum atomic E-state index is 12.7. The van der Waals surface area contributed by atoms with Crippen LogP contribution in [0.1, 0.15) is 38.4 Å². The van der Waals surface area contributed by atoms with Crippen LogP contribution in [0.25, 0.3) is 0 Å². The van der Waals surface area contributed by atoms with Crippen molar-refractivity contribution in [2.45, 2.75) is 34.6 Å². The highest BCUT2D eigenvalue weighted by molar-refractivity contribution is 6.03. The molecule has 5 heteroatoms. The molecule has 2 N–H and O–H groups in total. The number of carbonyl (C=O) groups is 1. The SMILES string of the molecule is Cc1ccc(C)c(Nc2nc(C)cc(C(=O)Nc3ccc(C)c(C)c3)n2)c1. The number of nitrogens with one attached hydrogen (secondary N) is 2. The summed E-state index contributed by atoms with van der Waals surface area (Å²) in [5.74, 6) is 0.154. The molecule has 27 heavy (non-hydrogen) atoms. The molecule has 0 bridgehead atoms. The van der Waals surface area contributed by atoms with Crippen molar-refractivity contribution in [2.75, 3.05) is 10.6 Å². The number of aryl methyl sites for hydroxylation is 5. The third-order valence-corrected chi connectivity index (χ3v) is 4.49. The molecule has 5 nitrogen and oxygen atoms in total. The third-order valence-electron chi connectivity index (χ3n) is 4.49. The molecular weight excluding hydrogens is 336 g/mol. The highest BCUT2D eigenvalue weighted by Gasteiger charge is 2.12. The number of carbonyl (C=O) groups excluding carboxylic acids is 1. The Labute approximate surface area is 159 Å². The van der Waals surface area contributed by atoms with E-state index in [4.69, 9.17) is 0 Å². The predicted octanol–water partition coefficient (Wildman–Crippen LogP) is 5.01. The number of amides is 1. The number of anilines is 3. The standard InChI is InChI=1S/C22H24N4O/c1-13-6-7-15(3)19(10-13)25-22-23-17(5)12-20(26-22)21(27)24-18-9-8-14(2)16(4)11-18/h6-12H,1-5H3,(H,24,27)(H,23,25,26). The van der Waals surface area contributed by atoms with Gasteiger partial charge in [-0.15, -0.1) is 0 Å². The van der Waals surface area contributed by atoms with Crippen LogP contribution in [0.5, 0.6) is 0 Å². The Bertz CT molecular complexity index is 1010. The molecule has 0 aliphatic heterocycles. The van der Waals surface area contributed by atoms with Crippen molar-refractivity contribution < 1.29 is 4.79 Å². The zero-order valence-electron chi connectivity index (χ0n) is 16.3. The van der Waals surface area contributed by atoms with Crippen molar-refractivity contribution >= 4 is 23.2 Å². The number of aromatic nitrogens is 2. The van der Waals surface area contributed by atoms with Gasteiger partial charge in [-0.2, -0.15) is 0 Å². The van der Waals surface area contributed by atoms with E-state index in [1.807, 2.05) is 65.0 Å². The van der Waals surface area contributed by atoms with E-state index in [1.54, 1.807) is 6.07 Å². The van der Waals surface area contributed by atoms with Crippen molar-refractivity contribution in [2.24, 2.45) is 0 Å². The molecule has 1 amide bonds. The van der Waals surface area contributed by atoms with Crippen molar-refractivity contribution in [1.29, 1.82) is 0 Å². The monoisotopic (exact) mass is 360 g/mol. The van der Waals surface area contributed by atoms with Gasteiger partial charge in [-0.3, -0.25) is 4.79 Å². The predicted molar refractivity (Wildman–Crippen MR) is 110 cm³/mol. The van der Waals surface area contributed by atoms with E-state index >= 15 is 0 Å². The first-order valence-corrected chi connectivity index (χ1v) is 8.90. The Morgan fingerprint density at radius 3 is 2.30 bits per heavy atom. The van der Waals surface area contributed by atoms with Gasteiger partial charge >= 0.3 is 0 Å². The van der Waals surface area contributed by atoms with E-state index in [0.717, 1.165) is 33.8 Å². The van der Waals surface area contributed by atoms with Gasteiger partial charge in [0.15, 0.2) is 0 Å². The van der Waals surface area contributed by atoms with E-state index in [0.29, 0.717) is 11.6 Å². The highest BCUT2D eigenvalue weighted by Crippen LogP contribution is 2.21. The van der Waals surface area contributed by atoms with E-state index in [1.165, 1.54) is 5.56 Å². The van der Waals surface area contributed by atoms with E-state index in [-0.39, 0.29) is 5.91 Å². The Hall–Kier alpha value is -3.21. The van der Waals surface area contributed by atoms with Gasteiger partial charge in [0.25, 0.3) is 5.91 Å². The van der Waals surface area contributed by atoms with Gasteiger partial charge in [-0.1, -0.05) is 18.2 Å². The van der Waals surface area contributed by atoms with E-state index in [9.17, 15) is 4.79 Å². The molecule has 0 radical (unpaired) electrons. The van der Waals surface area contributed by atoms with Crippen molar-refractivity contribution in [3.63, 3.8) is 0 Å². The van der Waals surface area contributed by atoms with Gasteiger partial charge in [0.1, 0.15) is 5.69 Å². The first-order valence-electron chi connectivity index (χ1n) is 8.90. The average molecular weight is 360 g/mol. The summed E-state index contributed by atoms with van der Waals surface area (Å²) in [5, 5.41) is 6.14. The minimum absolute atomic E-state index is 0.257. The van der Waals surface area contributed by atoms with Crippen molar-refractivity contribution in [1.82, 2.24) is 9.97 Å². The van der Waals surface area contributed by atoms with Gasteiger partial charge in [0.05, 0.1) is 0 Å². The van der Waals surface area contributed by atoms with E-state index < -0.39 is 0 Å². The second-order valence-corrected chi connectivity index (χ2v) is 6.91. The summed E-state index contributed by atoms with van der Waals surface area (Å²) in [7, 11) is 0. The lowest BCUT2D eigenvalue weighted by Crippen LogP contribution is -2.15. The van der Waals surface area contributed by atoms with Crippen LogP contribution in [0, 0.1) is 34.6 Å². The largest absolute Gasteiger partial charge is 0.324 e. The summed E-state index contributed by atoms with van der Waals surface area (Å²) in [6.07, 6.45) is 0. The molecule has 0 aliphatic carbocycles. The molecule has 0 aliphatic rings. The van der Waals surface area contributed by atoms with Crippen LogP contribution in [-0.2, 0) is 0 Å². The van der Waals surface area contributed by atoms with E-state index in [2.05, 4.69) is 26.7 Å². The van der Waals surface area contributed by atoms with Crippen LogP contribution >= 0.6 is 0 Å². The number of nitrogens with zero attached hydrogens (tertiary/aromatic N) is 2. The summed E-state index contributed by atoms with van der Waals surface area (Å²) in [4.78, 5) is 21.5. The maximum Gasteiger partial charge on any atom is 0.274 e. The molecule has 1 heterocycles.